The average molecular weight is 408 g/mol. The molecule has 2 aromatic rings. The van der Waals surface area contributed by atoms with Crippen molar-refractivity contribution in [2.75, 3.05) is 19.7 Å². The van der Waals surface area contributed by atoms with E-state index in [-0.39, 0.29) is 17.9 Å². The number of piperidine rings is 3. The molecule has 1 aromatic carbocycles. The van der Waals surface area contributed by atoms with Crippen molar-refractivity contribution in [1.82, 2.24) is 9.88 Å². The molecule has 0 aliphatic carbocycles. The molecule has 0 saturated carbocycles. The first-order chi connectivity index (χ1) is 14.6. The van der Waals surface area contributed by atoms with Gasteiger partial charge in [-0.25, -0.2) is 0 Å². The lowest BCUT2D eigenvalue weighted by Crippen LogP contribution is -2.67. The highest BCUT2D eigenvalue weighted by Crippen LogP contribution is 2.52. The summed E-state index contributed by atoms with van der Waals surface area (Å²) in [5, 5.41) is 0. The van der Waals surface area contributed by atoms with Gasteiger partial charge in [0.25, 0.3) is 5.91 Å². The van der Waals surface area contributed by atoms with Crippen molar-refractivity contribution >= 4 is 5.91 Å². The Morgan fingerprint density at radius 1 is 1.30 bits per heavy atom. The number of carbonyl (C=O) groups excluding carboxylic acids is 1. The fourth-order valence-electron chi connectivity index (χ4n) is 5.93. The molecule has 6 heteroatoms. The number of rotatable bonds is 6. The van der Waals surface area contributed by atoms with Gasteiger partial charge in [-0.2, -0.15) is 0 Å². The molecule has 6 nitrogen and oxygen atoms in total. The maximum absolute atomic E-state index is 13.1. The zero-order chi connectivity index (χ0) is 20.7. The van der Waals surface area contributed by atoms with E-state index in [1.807, 2.05) is 37.4 Å². The second-order valence-corrected chi connectivity index (χ2v) is 8.74. The summed E-state index contributed by atoms with van der Waals surface area (Å²) >= 11 is 0. The number of para-hydroxylation sites is 1. The Labute approximate surface area is 177 Å². The minimum atomic E-state index is -1.04. The van der Waals surface area contributed by atoms with Crippen LogP contribution in [0.5, 0.6) is 11.5 Å². The van der Waals surface area contributed by atoms with Gasteiger partial charge < -0.3 is 15.2 Å². The van der Waals surface area contributed by atoms with Gasteiger partial charge in [0.2, 0.25) is 0 Å². The van der Waals surface area contributed by atoms with E-state index >= 15 is 0 Å². The number of aromatic nitrogens is 1. The van der Waals surface area contributed by atoms with Crippen LogP contribution in [0.2, 0.25) is 0 Å². The maximum atomic E-state index is 13.1. The molecule has 3 fully saturated rings. The highest BCUT2D eigenvalue weighted by atomic mass is 16.5. The monoisotopic (exact) mass is 407 g/mol. The first-order valence-corrected chi connectivity index (χ1v) is 11.0. The predicted molar refractivity (Wildman–Crippen MR) is 113 cm³/mol. The molecule has 158 valence electrons. The van der Waals surface area contributed by atoms with Crippen LogP contribution in [0, 0.1) is 11.8 Å². The van der Waals surface area contributed by atoms with Gasteiger partial charge in [-0.1, -0.05) is 18.2 Å². The highest BCUT2D eigenvalue weighted by Gasteiger charge is 2.60. The van der Waals surface area contributed by atoms with Crippen LogP contribution >= 0.6 is 0 Å². The molecular weight excluding hydrogens is 378 g/mol. The minimum Gasteiger partial charge on any atom is -0.490 e. The van der Waals surface area contributed by atoms with Gasteiger partial charge >= 0.3 is 0 Å². The fraction of sp³-hybridized carbons (Fsp3) is 0.500. The smallest absolute Gasteiger partial charge is 0.262 e. The van der Waals surface area contributed by atoms with Crippen LogP contribution in [-0.4, -0.2) is 47.1 Å². The number of pyridine rings is 1. The van der Waals surface area contributed by atoms with E-state index in [1.165, 1.54) is 5.56 Å². The summed E-state index contributed by atoms with van der Waals surface area (Å²) in [6.07, 6.45) is 7.25. The van der Waals surface area contributed by atoms with Crippen LogP contribution in [0.25, 0.3) is 0 Å². The summed E-state index contributed by atoms with van der Waals surface area (Å²) in [7, 11) is 0. The fourth-order valence-corrected chi connectivity index (χ4v) is 5.93. The minimum absolute atomic E-state index is 0.0413. The van der Waals surface area contributed by atoms with Crippen molar-refractivity contribution in [3.05, 3.63) is 53.9 Å². The van der Waals surface area contributed by atoms with Crippen LogP contribution < -0.4 is 15.2 Å². The molecule has 6 rings (SSSR count). The van der Waals surface area contributed by atoms with Crippen molar-refractivity contribution in [3.8, 4) is 11.5 Å². The Morgan fingerprint density at radius 3 is 2.83 bits per heavy atom. The second-order valence-electron chi connectivity index (χ2n) is 8.74. The van der Waals surface area contributed by atoms with Gasteiger partial charge in [-0.3, -0.25) is 14.7 Å². The third-order valence-corrected chi connectivity index (χ3v) is 7.19. The van der Waals surface area contributed by atoms with Crippen molar-refractivity contribution < 1.29 is 14.3 Å². The normalized spacial score (nSPS) is 31.8. The van der Waals surface area contributed by atoms with Gasteiger partial charge in [0.1, 0.15) is 0 Å². The Bertz CT molecular complexity index is 927. The van der Waals surface area contributed by atoms with E-state index in [0.717, 1.165) is 37.9 Å². The molecule has 5 heterocycles. The predicted octanol–water partition coefficient (Wildman–Crippen LogP) is 2.59. The number of nitrogens with two attached hydrogens (primary N) is 1. The van der Waals surface area contributed by atoms with E-state index in [1.54, 1.807) is 6.20 Å². The lowest BCUT2D eigenvalue weighted by Gasteiger charge is -2.55. The number of amides is 1. The van der Waals surface area contributed by atoms with E-state index < -0.39 is 5.60 Å². The number of ether oxygens (including phenoxy) is 2. The number of benzene rings is 1. The SMILES string of the molecule is CCOc1cccc2c1OC(C(N)=O)(C1C3CCN(CC3)C1Cc1cccnc1)C2. The molecule has 0 radical (unpaired) electrons. The van der Waals surface area contributed by atoms with Crippen LogP contribution in [0.15, 0.2) is 42.7 Å². The zero-order valence-corrected chi connectivity index (χ0v) is 17.4. The Kier molecular flexibility index (Phi) is 4.89. The van der Waals surface area contributed by atoms with Crippen molar-refractivity contribution in [2.45, 2.75) is 44.2 Å². The Balaban J connectivity index is 1.54. The number of fused-ring (bicyclic) bond motifs is 4. The summed E-state index contributed by atoms with van der Waals surface area (Å²) in [5.74, 6) is 1.49. The molecule has 30 heavy (non-hydrogen) atoms. The van der Waals surface area contributed by atoms with Crippen molar-refractivity contribution in [3.63, 3.8) is 0 Å². The average Bonchev–Trinajstić information content (AvgIpc) is 3.17. The standard InChI is InChI=1S/C24H29N3O3/c1-2-29-20-7-3-6-18-14-24(23(25)28,30-22(18)20)21-17-8-11-27(12-9-17)19(21)13-16-5-4-10-26-15-16/h3-7,10,15,17,19,21H,2,8-9,11-14H2,1H3,(H2,25,28). The molecule has 2 N–H and O–H groups in total. The first-order valence-electron chi connectivity index (χ1n) is 11.0. The van der Waals surface area contributed by atoms with E-state index in [0.29, 0.717) is 30.4 Å². The van der Waals surface area contributed by atoms with Gasteiger partial charge in [-0.15, -0.1) is 0 Å². The zero-order valence-electron chi connectivity index (χ0n) is 17.4. The quantitative estimate of drug-likeness (QED) is 0.796. The molecule has 1 amide bonds. The van der Waals surface area contributed by atoms with Crippen molar-refractivity contribution in [1.29, 1.82) is 0 Å². The number of primary amides is 1. The third kappa shape index (κ3) is 3.05. The Hall–Kier alpha value is -2.60. The summed E-state index contributed by atoms with van der Waals surface area (Å²) in [5.41, 5.74) is 7.28. The maximum Gasteiger partial charge on any atom is 0.262 e. The third-order valence-electron chi connectivity index (χ3n) is 7.19. The largest absolute Gasteiger partial charge is 0.490 e. The molecule has 3 unspecified atom stereocenters. The van der Waals surface area contributed by atoms with E-state index in [9.17, 15) is 4.79 Å². The molecule has 3 atom stereocenters. The number of hydrogen-bond donors (Lipinski definition) is 1. The number of nitrogens with zero attached hydrogens (tertiary/aromatic N) is 2. The molecule has 2 bridgehead atoms. The number of carbonyl (C=O) groups is 1. The summed E-state index contributed by atoms with van der Waals surface area (Å²) < 4.78 is 12.4. The van der Waals surface area contributed by atoms with Gasteiger partial charge in [-0.05, 0) is 62.9 Å². The van der Waals surface area contributed by atoms with Crippen LogP contribution in [0.3, 0.4) is 0 Å². The lowest BCUT2D eigenvalue weighted by atomic mass is 9.63. The summed E-state index contributed by atoms with van der Waals surface area (Å²) in [6, 6.07) is 10.2. The second kappa shape index (κ2) is 7.58. The molecule has 4 aliphatic rings. The van der Waals surface area contributed by atoms with Crippen LogP contribution in [-0.2, 0) is 17.6 Å². The number of hydrogen-bond acceptors (Lipinski definition) is 5. The van der Waals surface area contributed by atoms with Gasteiger partial charge in [0, 0.05) is 36.3 Å². The van der Waals surface area contributed by atoms with Crippen molar-refractivity contribution in [2.24, 2.45) is 17.6 Å². The van der Waals surface area contributed by atoms with E-state index in [2.05, 4.69) is 16.0 Å². The molecule has 1 aromatic heterocycles. The first kappa shape index (κ1) is 19.4. The topological polar surface area (TPSA) is 77.7 Å². The molecular formula is C24H29N3O3. The summed E-state index contributed by atoms with van der Waals surface area (Å²) in [6.45, 7) is 4.63. The van der Waals surface area contributed by atoms with Crippen LogP contribution in [0.4, 0.5) is 0 Å². The Morgan fingerprint density at radius 2 is 2.13 bits per heavy atom. The molecule has 3 saturated heterocycles. The van der Waals surface area contributed by atoms with Crippen LogP contribution in [0.1, 0.15) is 30.9 Å². The molecule has 4 aliphatic heterocycles. The lowest BCUT2D eigenvalue weighted by molar-refractivity contribution is -0.152. The summed E-state index contributed by atoms with van der Waals surface area (Å²) in [4.78, 5) is 19.9. The highest BCUT2D eigenvalue weighted by molar-refractivity contribution is 5.86. The van der Waals surface area contributed by atoms with Gasteiger partial charge in [0.15, 0.2) is 17.1 Å². The van der Waals surface area contributed by atoms with E-state index in [4.69, 9.17) is 15.2 Å². The van der Waals surface area contributed by atoms with Gasteiger partial charge in [0.05, 0.1) is 6.61 Å². The molecule has 0 spiro atoms.